The fourth-order valence-electron chi connectivity index (χ4n) is 7.51. The molecule has 0 saturated carbocycles. The molecule has 1 atom stereocenters. The summed E-state index contributed by atoms with van der Waals surface area (Å²) in [6.45, 7) is 5.05. The van der Waals surface area contributed by atoms with Crippen LogP contribution in [0.3, 0.4) is 0 Å². The van der Waals surface area contributed by atoms with Gasteiger partial charge in [-0.2, -0.15) is 0 Å². The molecule has 3 aromatic heterocycles. The standard InChI is InChI=1S/C40H38Cl2N8O2/c1-25(26-10-12-28(41)13-11-26)50-24-45-35(27-7-3-2-4-8-27)37(50)34-31-15-14-29(42)23-33(31)46-36(34)39(51)47-32-9-5-18-43-38(32)48-21-16-30(17-22-48)49-20-6-19-44-40(49)52/h2-5,7-15,18,23-25,30,46H,6,16-17,19-22H2,1H3,(H,44,52)(H,47,51). The molecule has 8 rings (SSSR count). The predicted octanol–water partition coefficient (Wildman–Crippen LogP) is 8.65. The number of aromatic amines is 1. The van der Waals surface area contributed by atoms with Crippen molar-refractivity contribution in [3.8, 4) is 22.5 Å². The summed E-state index contributed by atoms with van der Waals surface area (Å²) in [6.07, 6.45) is 6.18. The molecule has 0 spiro atoms. The van der Waals surface area contributed by atoms with E-state index in [2.05, 4.69) is 32.0 Å². The number of carbonyl (C=O) groups is 2. The molecule has 2 aliphatic heterocycles. The normalized spacial score (nSPS) is 15.9. The molecule has 12 heteroatoms. The van der Waals surface area contributed by atoms with E-state index in [4.69, 9.17) is 33.2 Å². The molecule has 0 bridgehead atoms. The van der Waals surface area contributed by atoms with Gasteiger partial charge in [0.25, 0.3) is 5.91 Å². The van der Waals surface area contributed by atoms with E-state index in [0.717, 1.165) is 65.8 Å². The maximum absolute atomic E-state index is 14.6. The van der Waals surface area contributed by atoms with Crippen molar-refractivity contribution in [3.05, 3.63) is 119 Å². The third-order valence-corrected chi connectivity index (χ3v) is 10.7. The Labute approximate surface area is 311 Å². The Bertz CT molecular complexity index is 2240. The molecule has 5 heterocycles. The molecule has 2 aliphatic rings. The number of nitrogens with one attached hydrogen (secondary N) is 3. The van der Waals surface area contributed by atoms with Crippen LogP contribution in [0.15, 0.2) is 97.5 Å². The number of aromatic nitrogens is 4. The summed E-state index contributed by atoms with van der Waals surface area (Å²) in [4.78, 5) is 44.4. The van der Waals surface area contributed by atoms with Crippen molar-refractivity contribution in [1.29, 1.82) is 0 Å². The van der Waals surface area contributed by atoms with Crippen LogP contribution in [0.1, 0.15) is 48.3 Å². The van der Waals surface area contributed by atoms with Gasteiger partial charge in [-0.15, -0.1) is 0 Å². The number of anilines is 2. The minimum absolute atomic E-state index is 0.0187. The molecule has 10 nitrogen and oxygen atoms in total. The van der Waals surface area contributed by atoms with Gasteiger partial charge in [0, 0.05) is 70.5 Å². The highest BCUT2D eigenvalue weighted by atomic mass is 35.5. The zero-order chi connectivity index (χ0) is 35.8. The first-order chi connectivity index (χ1) is 25.4. The van der Waals surface area contributed by atoms with E-state index in [1.54, 1.807) is 6.20 Å². The Balaban J connectivity index is 1.18. The molecule has 2 saturated heterocycles. The number of carbonyl (C=O) groups excluding carboxylic acids is 2. The first-order valence-corrected chi connectivity index (χ1v) is 18.4. The Kier molecular flexibility index (Phi) is 9.34. The summed E-state index contributed by atoms with van der Waals surface area (Å²) in [5.41, 5.74) is 5.94. The van der Waals surface area contributed by atoms with E-state index in [1.165, 1.54) is 0 Å². The van der Waals surface area contributed by atoms with E-state index in [1.807, 2.05) is 96.2 Å². The highest BCUT2D eigenvalue weighted by Crippen LogP contribution is 2.42. The lowest BCUT2D eigenvalue weighted by Gasteiger charge is -2.40. The number of piperidine rings is 1. The smallest absolute Gasteiger partial charge is 0.317 e. The van der Waals surface area contributed by atoms with Crippen molar-refractivity contribution in [3.63, 3.8) is 0 Å². The summed E-state index contributed by atoms with van der Waals surface area (Å²) in [5.74, 6) is 0.381. The molecule has 1 unspecified atom stereocenters. The predicted molar refractivity (Wildman–Crippen MR) is 207 cm³/mol. The van der Waals surface area contributed by atoms with E-state index < -0.39 is 0 Å². The number of urea groups is 1. The Morgan fingerprint density at radius 3 is 2.46 bits per heavy atom. The van der Waals surface area contributed by atoms with Crippen LogP contribution < -0.4 is 15.5 Å². The lowest BCUT2D eigenvalue weighted by atomic mass is 9.99. The van der Waals surface area contributed by atoms with Crippen LogP contribution in [0.2, 0.25) is 10.0 Å². The van der Waals surface area contributed by atoms with Crippen LogP contribution >= 0.6 is 23.2 Å². The second-order valence-electron chi connectivity index (χ2n) is 13.3. The second-order valence-corrected chi connectivity index (χ2v) is 14.2. The van der Waals surface area contributed by atoms with Crippen LogP contribution in [-0.4, -0.2) is 68.6 Å². The Hall–Kier alpha value is -5.32. The van der Waals surface area contributed by atoms with Crippen LogP contribution in [0.5, 0.6) is 0 Å². The Morgan fingerprint density at radius 2 is 1.69 bits per heavy atom. The number of benzene rings is 3. The number of fused-ring (bicyclic) bond motifs is 1. The molecule has 0 aliphatic carbocycles. The molecular formula is C40H38Cl2N8O2. The number of pyridine rings is 1. The maximum Gasteiger partial charge on any atom is 0.317 e. The number of nitrogens with zero attached hydrogens (tertiary/aromatic N) is 5. The highest BCUT2D eigenvalue weighted by molar-refractivity contribution is 6.31. The second kappa shape index (κ2) is 14.4. The lowest BCUT2D eigenvalue weighted by Crippen LogP contribution is -2.54. The van der Waals surface area contributed by atoms with Gasteiger partial charge in [-0.25, -0.2) is 14.8 Å². The fraction of sp³-hybridized carbons (Fsp3) is 0.250. The molecule has 3 amide bonds. The van der Waals surface area contributed by atoms with Gasteiger partial charge in [0.15, 0.2) is 5.82 Å². The molecule has 3 N–H and O–H groups in total. The zero-order valence-electron chi connectivity index (χ0n) is 28.7. The third-order valence-electron chi connectivity index (χ3n) is 10.2. The van der Waals surface area contributed by atoms with Crippen LogP contribution in [0.4, 0.5) is 16.3 Å². The average Bonchev–Trinajstić information content (AvgIpc) is 3.77. The topological polar surface area (TPSA) is 111 Å². The number of amides is 3. The highest BCUT2D eigenvalue weighted by Gasteiger charge is 2.32. The number of hydrogen-bond donors (Lipinski definition) is 3. The number of imidazole rings is 1. The summed E-state index contributed by atoms with van der Waals surface area (Å²) < 4.78 is 2.11. The van der Waals surface area contributed by atoms with Gasteiger partial charge in [0.1, 0.15) is 5.69 Å². The lowest BCUT2D eigenvalue weighted by molar-refractivity contribution is 0.102. The third kappa shape index (κ3) is 6.48. The molecule has 52 heavy (non-hydrogen) atoms. The number of hydrogen-bond acceptors (Lipinski definition) is 5. The summed E-state index contributed by atoms with van der Waals surface area (Å²) >= 11 is 12.8. The van der Waals surface area contributed by atoms with E-state index in [0.29, 0.717) is 45.9 Å². The van der Waals surface area contributed by atoms with E-state index in [-0.39, 0.29) is 24.0 Å². The number of halogens is 2. The van der Waals surface area contributed by atoms with Crippen molar-refractivity contribution in [2.75, 3.05) is 36.4 Å². The van der Waals surface area contributed by atoms with Crippen LogP contribution in [0.25, 0.3) is 33.4 Å². The molecule has 3 aromatic carbocycles. The SMILES string of the molecule is CC(c1ccc(Cl)cc1)n1cnc(-c2ccccc2)c1-c1c(C(=O)Nc2cccnc2N2CCC(N3CCCNC3=O)CC2)[nH]c2cc(Cl)ccc12. The van der Waals surface area contributed by atoms with Crippen LogP contribution in [-0.2, 0) is 0 Å². The van der Waals surface area contributed by atoms with Crippen molar-refractivity contribution in [2.45, 2.75) is 38.3 Å². The van der Waals surface area contributed by atoms with Gasteiger partial charge in [-0.1, -0.05) is 71.7 Å². The largest absolute Gasteiger partial charge is 0.355 e. The quantitative estimate of drug-likeness (QED) is 0.145. The molecule has 2 fully saturated rings. The monoisotopic (exact) mass is 732 g/mol. The number of H-pyrrole nitrogens is 1. The number of rotatable bonds is 8. The summed E-state index contributed by atoms with van der Waals surface area (Å²) in [5, 5.41) is 8.23. The molecule has 6 aromatic rings. The molecule has 264 valence electrons. The van der Waals surface area contributed by atoms with Gasteiger partial charge >= 0.3 is 6.03 Å². The van der Waals surface area contributed by atoms with E-state index in [9.17, 15) is 9.59 Å². The van der Waals surface area contributed by atoms with Gasteiger partial charge in [0.05, 0.1) is 29.4 Å². The zero-order valence-corrected chi connectivity index (χ0v) is 30.2. The van der Waals surface area contributed by atoms with Crippen molar-refractivity contribution >= 4 is 57.5 Å². The average molecular weight is 734 g/mol. The van der Waals surface area contributed by atoms with Gasteiger partial charge in [0.2, 0.25) is 0 Å². The Morgan fingerprint density at radius 1 is 0.923 bits per heavy atom. The summed E-state index contributed by atoms with van der Waals surface area (Å²) in [7, 11) is 0. The molecular weight excluding hydrogens is 695 g/mol. The summed E-state index contributed by atoms with van der Waals surface area (Å²) in [6, 6.07) is 27.2. The fourth-order valence-corrected chi connectivity index (χ4v) is 7.81. The molecule has 0 radical (unpaired) electrons. The van der Waals surface area contributed by atoms with E-state index >= 15 is 0 Å². The minimum atomic E-state index is -0.317. The maximum atomic E-state index is 14.6. The van der Waals surface area contributed by atoms with Gasteiger partial charge < -0.3 is 30.0 Å². The van der Waals surface area contributed by atoms with Gasteiger partial charge in [-0.05, 0) is 68.1 Å². The van der Waals surface area contributed by atoms with Crippen LogP contribution in [0, 0.1) is 0 Å². The van der Waals surface area contributed by atoms with Crippen molar-refractivity contribution < 1.29 is 9.59 Å². The van der Waals surface area contributed by atoms with Crippen molar-refractivity contribution in [1.82, 2.24) is 29.7 Å². The minimum Gasteiger partial charge on any atom is -0.355 e. The van der Waals surface area contributed by atoms with Crippen molar-refractivity contribution in [2.24, 2.45) is 0 Å². The first kappa shape index (κ1) is 33.8. The van der Waals surface area contributed by atoms with Gasteiger partial charge in [-0.3, -0.25) is 4.79 Å². The first-order valence-electron chi connectivity index (χ1n) is 17.6.